The molecule has 0 atom stereocenters. The standard InChI is InChI=1S/C19H19N5O.CH3F/c1-14-6-7-16(21-12-14)18-11-17(19(25)23-9-2-3-10-23)22-24(18)15-5-4-8-20-13-15;1-2/h4-8,11-13H,2-3,9-10H2,1H3;1H3. The van der Waals surface area contributed by atoms with E-state index in [-0.39, 0.29) is 5.91 Å². The Bertz CT molecular complexity index is 886. The van der Waals surface area contributed by atoms with Crippen LogP contribution in [0.3, 0.4) is 0 Å². The van der Waals surface area contributed by atoms with Crippen LogP contribution in [0.25, 0.3) is 17.1 Å². The van der Waals surface area contributed by atoms with Gasteiger partial charge >= 0.3 is 0 Å². The number of hydrogen-bond donors (Lipinski definition) is 0. The smallest absolute Gasteiger partial charge is 0.274 e. The number of hydrogen-bond acceptors (Lipinski definition) is 4. The maximum absolute atomic E-state index is 12.7. The lowest BCUT2D eigenvalue weighted by Crippen LogP contribution is -2.28. The molecule has 4 rings (SSSR count). The number of rotatable bonds is 3. The first-order valence-electron chi connectivity index (χ1n) is 8.83. The van der Waals surface area contributed by atoms with Crippen molar-refractivity contribution in [3.8, 4) is 17.1 Å². The second kappa shape index (κ2) is 8.53. The van der Waals surface area contributed by atoms with Crippen LogP contribution in [-0.4, -0.2) is 50.8 Å². The van der Waals surface area contributed by atoms with Crippen molar-refractivity contribution in [1.29, 1.82) is 0 Å². The highest BCUT2D eigenvalue weighted by molar-refractivity contribution is 5.93. The lowest BCUT2D eigenvalue weighted by atomic mass is 10.2. The number of carbonyl (C=O) groups is 1. The van der Waals surface area contributed by atoms with Gasteiger partial charge in [-0.05, 0) is 49.6 Å². The summed E-state index contributed by atoms with van der Waals surface area (Å²) >= 11 is 0. The number of amides is 1. The van der Waals surface area contributed by atoms with Gasteiger partial charge in [0, 0.05) is 25.5 Å². The monoisotopic (exact) mass is 367 g/mol. The van der Waals surface area contributed by atoms with E-state index < -0.39 is 0 Å². The first kappa shape index (κ1) is 18.7. The lowest BCUT2D eigenvalue weighted by molar-refractivity contribution is 0.0786. The fraction of sp³-hybridized carbons (Fsp3) is 0.300. The average Bonchev–Trinajstić information content (AvgIpc) is 3.41. The summed E-state index contributed by atoms with van der Waals surface area (Å²) in [4.78, 5) is 23.3. The third kappa shape index (κ3) is 4.02. The third-order valence-electron chi connectivity index (χ3n) is 4.39. The van der Waals surface area contributed by atoms with E-state index >= 15 is 0 Å². The van der Waals surface area contributed by atoms with Gasteiger partial charge in [-0.1, -0.05) is 6.07 Å². The van der Waals surface area contributed by atoms with Crippen LogP contribution in [0.15, 0.2) is 48.9 Å². The Hall–Kier alpha value is -3.09. The minimum atomic E-state index is -0.0199. The highest BCUT2D eigenvalue weighted by Gasteiger charge is 2.24. The zero-order valence-electron chi connectivity index (χ0n) is 15.5. The normalized spacial score (nSPS) is 13.2. The number of nitrogens with zero attached hydrogens (tertiary/aromatic N) is 5. The Morgan fingerprint density at radius 2 is 1.89 bits per heavy atom. The van der Waals surface area contributed by atoms with Gasteiger partial charge in [-0.25, -0.2) is 4.68 Å². The predicted molar refractivity (Wildman–Crippen MR) is 101 cm³/mol. The average molecular weight is 367 g/mol. The van der Waals surface area contributed by atoms with Gasteiger partial charge in [0.05, 0.1) is 30.4 Å². The fourth-order valence-electron chi connectivity index (χ4n) is 3.05. The molecule has 27 heavy (non-hydrogen) atoms. The molecule has 1 saturated heterocycles. The van der Waals surface area contributed by atoms with Gasteiger partial charge < -0.3 is 4.90 Å². The molecule has 0 saturated carbocycles. The summed E-state index contributed by atoms with van der Waals surface area (Å²) in [5.41, 5.74) is 3.91. The second-order valence-corrected chi connectivity index (χ2v) is 6.26. The van der Waals surface area contributed by atoms with Crippen molar-refractivity contribution >= 4 is 5.91 Å². The number of aromatic nitrogens is 4. The molecule has 3 aromatic rings. The van der Waals surface area contributed by atoms with Gasteiger partial charge in [0.25, 0.3) is 5.91 Å². The molecule has 7 heteroatoms. The van der Waals surface area contributed by atoms with Crippen molar-refractivity contribution in [2.45, 2.75) is 19.8 Å². The van der Waals surface area contributed by atoms with Gasteiger partial charge in [-0.2, -0.15) is 5.10 Å². The van der Waals surface area contributed by atoms with E-state index in [1.54, 1.807) is 17.1 Å². The molecule has 0 N–H and O–H groups in total. The second-order valence-electron chi connectivity index (χ2n) is 6.26. The molecule has 0 bridgehead atoms. The first-order valence-corrected chi connectivity index (χ1v) is 8.83. The van der Waals surface area contributed by atoms with E-state index in [1.807, 2.05) is 48.4 Å². The van der Waals surface area contributed by atoms with Gasteiger partial charge in [0.1, 0.15) is 0 Å². The molecule has 4 heterocycles. The highest BCUT2D eigenvalue weighted by Crippen LogP contribution is 2.23. The number of pyridine rings is 2. The Kier molecular flexibility index (Phi) is 5.90. The molecule has 1 amide bonds. The zero-order chi connectivity index (χ0) is 19.2. The molecule has 0 aromatic carbocycles. The van der Waals surface area contributed by atoms with E-state index in [4.69, 9.17) is 0 Å². The van der Waals surface area contributed by atoms with Crippen molar-refractivity contribution in [3.63, 3.8) is 0 Å². The van der Waals surface area contributed by atoms with Gasteiger partial charge in [0.15, 0.2) is 5.69 Å². The van der Waals surface area contributed by atoms with E-state index in [1.165, 1.54) is 0 Å². The van der Waals surface area contributed by atoms with Crippen molar-refractivity contribution < 1.29 is 9.18 Å². The molecule has 1 aliphatic rings. The van der Waals surface area contributed by atoms with Crippen LogP contribution in [0.2, 0.25) is 0 Å². The molecular formula is C20H22FN5O. The summed E-state index contributed by atoms with van der Waals surface area (Å²) < 4.78 is 11.2. The van der Waals surface area contributed by atoms with Gasteiger partial charge in [-0.15, -0.1) is 0 Å². The van der Waals surface area contributed by atoms with Crippen molar-refractivity contribution in [2.75, 3.05) is 20.3 Å². The summed E-state index contributed by atoms with van der Waals surface area (Å²) in [6.07, 6.45) is 7.38. The van der Waals surface area contributed by atoms with Crippen LogP contribution in [0.5, 0.6) is 0 Å². The summed E-state index contributed by atoms with van der Waals surface area (Å²) in [6, 6.07) is 9.55. The van der Waals surface area contributed by atoms with Crippen LogP contribution < -0.4 is 0 Å². The van der Waals surface area contributed by atoms with E-state index in [9.17, 15) is 9.18 Å². The number of halogens is 1. The molecule has 0 radical (unpaired) electrons. The highest BCUT2D eigenvalue weighted by atomic mass is 19.1. The Morgan fingerprint density at radius 3 is 2.52 bits per heavy atom. The van der Waals surface area contributed by atoms with Crippen molar-refractivity contribution in [2.24, 2.45) is 0 Å². The number of likely N-dealkylation sites (tertiary alicyclic amines) is 1. The predicted octanol–water partition coefficient (Wildman–Crippen LogP) is 3.46. The molecule has 1 fully saturated rings. The molecule has 3 aromatic heterocycles. The molecule has 0 aliphatic carbocycles. The summed E-state index contributed by atoms with van der Waals surface area (Å²) in [7, 11) is 0.500. The van der Waals surface area contributed by atoms with E-state index in [2.05, 4.69) is 15.1 Å². The largest absolute Gasteiger partial charge is 0.337 e. The minimum absolute atomic E-state index is 0.0199. The quantitative estimate of drug-likeness (QED) is 0.711. The molecule has 0 spiro atoms. The molecule has 1 aliphatic heterocycles. The number of aryl methyl sites for hydroxylation is 1. The molecule has 0 unspecified atom stereocenters. The fourth-order valence-corrected chi connectivity index (χ4v) is 3.05. The number of carbonyl (C=O) groups excluding carboxylic acids is 1. The third-order valence-corrected chi connectivity index (χ3v) is 4.39. The van der Waals surface area contributed by atoms with E-state index in [0.717, 1.165) is 48.6 Å². The zero-order valence-corrected chi connectivity index (χ0v) is 15.5. The summed E-state index contributed by atoms with van der Waals surface area (Å²) in [6.45, 7) is 3.60. The Morgan fingerprint density at radius 1 is 1.11 bits per heavy atom. The minimum Gasteiger partial charge on any atom is -0.337 e. The molecule has 6 nitrogen and oxygen atoms in total. The lowest BCUT2D eigenvalue weighted by Gasteiger charge is -2.12. The van der Waals surface area contributed by atoms with Crippen molar-refractivity contribution in [3.05, 3.63) is 60.2 Å². The summed E-state index contributed by atoms with van der Waals surface area (Å²) in [5, 5.41) is 4.57. The molecule has 140 valence electrons. The SMILES string of the molecule is CF.Cc1ccc(-c2cc(C(=O)N3CCCC3)nn2-c2cccnc2)nc1. The van der Waals surface area contributed by atoms with Crippen LogP contribution in [-0.2, 0) is 0 Å². The maximum Gasteiger partial charge on any atom is 0.274 e. The van der Waals surface area contributed by atoms with E-state index in [0.29, 0.717) is 12.9 Å². The summed E-state index contributed by atoms with van der Waals surface area (Å²) in [5.74, 6) is -0.0199. The van der Waals surface area contributed by atoms with Crippen LogP contribution in [0.4, 0.5) is 4.39 Å². The van der Waals surface area contributed by atoms with Gasteiger partial charge in [0.2, 0.25) is 0 Å². The van der Waals surface area contributed by atoms with Crippen molar-refractivity contribution in [1.82, 2.24) is 24.6 Å². The topological polar surface area (TPSA) is 63.9 Å². The number of alkyl halides is 1. The Labute approximate surface area is 157 Å². The van der Waals surface area contributed by atoms with Crippen LogP contribution >= 0.6 is 0 Å². The maximum atomic E-state index is 12.7. The van der Waals surface area contributed by atoms with Gasteiger partial charge in [-0.3, -0.25) is 19.2 Å². The Balaban J connectivity index is 0.00000102. The molecular weight excluding hydrogens is 345 g/mol. The first-order chi connectivity index (χ1) is 13.2. The van der Waals surface area contributed by atoms with Crippen LogP contribution in [0.1, 0.15) is 28.9 Å². The van der Waals surface area contributed by atoms with Crippen LogP contribution in [0, 0.1) is 6.92 Å².